The van der Waals surface area contributed by atoms with Crippen molar-refractivity contribution in [3.8, 4) is 11.1 Å². The highest BCUT2D eigenvalue weighted by atomic mass is 35.5. The third kappa shape index (κ3) is 3.72. The molecule has 1 fully saturated rings. The Morgan fingerprint density at radius 1 is 1.00 bits per heavy atom. The normalized spacial score (nSPS) is 23.9. The van der Waals surface area contributed by atoms with Crippen molar-refractivity contribution in [2.75, 3.05) is 0 Å². The Balaban J connectivity index is 1.71. The summed E-state index contributed by atoms with van der Waals surface area (Å²) < 4.78 is 58.0. The minimum absolute atomic E-state index is 0.141. The lowest BCUT2D eigenvalue weighted by Gasteiger charge is -2.40. The first-order chi connectivity index (χ1) is 13.9. The van der Waals surface area contributed by atoms with E-state index in [1.54, 1.807) is 0 Å². The number of rotatable bonds is 3. The first-order valence-electron chi connectivity index (χ1n) is 10.2. The maximum atomic E-state index is 15.3. The van der Waals surface area contributed by atoms with Crippen LogP contribution in [-0.4, -0.2) is 0 Å². The zero-order valence-corrected chi connectivity index (χ0v) is 17.0. The van der Waals surface area contributed by atoms with E-state index in [9.17, 15) is 13.2 Å². The lowest BCUT2D eigenvalue weighted by molar-refractivity contribution is 0.234. The highest BCUT2D eigenvalue weighted by Crippen LogP contribution is 2.49. The molecule has 0 unspecified atom stereocenters. The molecule has 0 N–H and O–H groups in total. The SMILES string of the molecule is CC/C=C/[C@@H]1CC[C@@H]2c3cc(F)c(-c4cc(F)c(Cl)c(F)c4)c(F)c3CC[C@@H]2C1. The summed E-state index contributed by atoms with van der Waals surface area (Å²) in [4.78, 5) is 0. The van der Waals surface area contributed by atoms with E-state index in [0.29, 0.717) is 23.8 Å². The van der Waals surface area contributed by atoms with Crippen molar-refractivity contribution in [2.45, 2.75) is 51.4 Å². The van der Waals surface area contributed by atoms with E-state index in [1.165, 1.54) is 6.07 Å². The molecule has 0 bridgehead atoms. The van der Waals surface area contributed by atoms with Gasteiger partial charge in [-0.1, -0.05) is 30.7 Å². The van der Waals surface area contributed by atoms with Crippen LogP contribution in [0.25, 0.3) is 11.1 Å². The van der Waals surface area contributed by atoms with Gasteiger partial charge in [0.15, 0.2) is 0 Å². The predicted molar refractivity (Wildman–Crippen MR) is 108 cm³/mol. The van der Waals surface area contributed by atoms with Gasteiger partial charge in [-0.25, -0.2) is 17.6 Å². The first-order valence-corrected chi connectivity index (χ1v) is 10.6. The highest BCUT2D eigenvalue weighted by molar-refractivity contribution is 6.31. The Morgan fingerprint density at radius 2 is 1.72 bits per heavy atom. The molecule has 2 aromatic carbocycles. The molecule has 2 aliphatic carbocycles. The van der Waals surface area contributed by atoms with Gasteiger partial charge in [-0.05, 0) is 91.2 Å². The molecule has 0 radical (unpaired) electrons. The second kappa shape index (κ2) is 8.14. The van der Waals surface area contributed by atoms with Gasteiger partial charge in [0.2, 0.25) is 0 Å². The van der Waals surface area contributed by atoms with Gasteiger partial charge >= 0.3 is 0 Å². The van der Waals surface area contributed by atoms with Crippen molar-refractivity contribution in [3.63, 3.8) is 0 Å². The summed E-state index contributed by atoms with van der Waals surface area (Å²) in [6.07, 6.45) is 9.79. The molecule has 1 saturated carbocycles. The van der Waals surface area contributed by atoms with E-state index in [0.717, 1.165) is 49.8 Å². The fraction of sp³-hybridized carbons (Fsp3) is 0.417. The number of allylic oxidation sites excluding steroid dienone is 2. The zero-order valence-electron chi connectivity index (χ0n) is 16.3. The van der Waals surface area contributed by atoms with Crippen LogP contribution in [0, 0.1) is 35.1 Å². The Kier molecular flexibility index (Phi) is 5.74. The third-order valence-corrected chi connectivity index (χ3v) is 6.82. The van der Waals surface area contributed by atoms with Crippen LogP contribution < -0.4 is 0 Å². The van der Waals surface area contributed by atoms with Gasteiger partial charge in [0, 0.05) is 0 Å². The second-order valence-corrected chi connectivity index (χ2v) is 8.56. The molecule has 154 valence electrons. The fourth-order valence-electron chi connectivity index (χ4n) is 5.09. The summed E-state index contributed by atoms with van der Waals surface area (Å²) in [7, 11) is 0. The molecule has 3 atom stereocenters. The molecule has 0 aromatic heterocycles. The molecular weight excluding hydrogens is 400 g/mol. The number of fused-ring (bicyclic) bond motifs is 3. The minimum Gasteiger partial charge on any atom is -0.206 e. The van der Waals surface area contributed by atoms with Crippen LogP contribution in [0.3, 0.4) is 0 Å². The summed E-state index contributed by atoms with van der Waals surface area (Å²) in [5.41, 5.74) is 0.669. The Bertz CT molecular complexity index is 943. The molecule has 2 aromatic rings. The van der Waals surface area contributed by atoms with Gasteiger partial charge in [0.25, 0.3) is 0 Å². The van der Waals surface area contributed by atoms with E-state index in [4.69, 9.17) is 11.6 Å². The van der Waals surface area contributed by atoms with Crippen LogP contribution in [0.4, 0.5) is 17.6 Å². The topological polar surface area (TPSA) is 0 Å². The Labute approximate surface area is 173 Å². The molecule has 5 heteroatoms. The third-order valence-electron chi connectivity index (χ3n) is 6.46. The zero-order chi connectivity index (χ0) is 20.7. The van der Waals surface area contributed by atoms with Crippen LogP contribution in [0.5, 0.6) is 0 Å². The molecule has 0 nitrogen and oxygen atoms in total. The van der Waals surface area contributed by atoms with Gasteiger partial charge in [0.1, 0.15) is 28.3 Å². The molecule has 29 heavy (non-hydrogen) atoms. The second-order valence-electron chi connectivity index (χ2n) is 8.18. The molecular formula is C24H23ClF4. The van der Waals surface area contributed by atoms with Crippen molar-refractivity contribution in [2.24, 2.45) is 11.8 Å². The first kappa shape index (κ1) is 20.5. The molecule has 0 aliphatic heterocycles. The average molecular weight is 423 g/mol. The van der Waals surface area contributed by atoms with E-state index in [1.807, 2.05) is 0 Å². The van der Waals surface area contributed by atoms with Crippen LogP contribution in [-0.2, 0) is 6.42 Å². The summed E-state index contributed by atoms with van der Waals surface area (Å²) in [6, 6.07) is 3.16. The smallest absolute Gasteiger partial charge is 0.145 e. The van der Waals surface area contributed by atoms with Crippen LogP contribution in [0.15, 0.2) is 30.4 Å². The summed E-state index contributed by atoms with van der Waals surface area (Å²) in [5.74, 6) is -2.46. The monoisotopic (exact) mass is 422 g/mol. The molecule has 0 amide bonds. The van der Waals surface area contributed by atoms with Crippen LogP contribution >= 0.6 is 11.6 Å². The predicted octanol–water partition coefficient (Wildman–Crippen LogP) is 7.98. The maximum Gasteiger partial charge on any atom is 0.145 e. The van der Waals surface area contributed by atoms with Crippen molar-refractivity contribution in [1.82, 2.24) is 0 Å². The highest BCUT2D eigenvalue weighted by Gasteiger charge is 2.37. The largest absolute Gasteiger partial charge is 0.206 e. The van der Waals surface area contributed by atoms with Crippen molar-refractivity contribution in [3.05, 3.63) is 69.8 Å². The fourth-order valence-corrected chi connectivity index (χ4v) is 5.20. The van der Waals surface area contributed by atoms with Gasteiger partial charge in [-0.3, -0.25) is 0 Å². The summed E-state index contributed by atoms with van der Waals surface area (Å²) in [6.45, 7) is 2.11. The van der Waals surface area contributed by atoms with Gasteiger partial charge in [-0.2, -0.15) is 0 Å². The van der Waals surface area contributed by atoms with Crippen molar-refractivity contribution < 1.29 is 17.6 Å². The Hall–Kier alpha value is -1.81. The van der Waals surface area contributed by atoms with Gasteiger partial charge in [0.05, 0.1) is 5.56 Å². The van der Waals surface area contributed by atoms with E-state index < -0.39 is 28.3 Å². The van der Waals surface area contributed by atoms with Gasteiger partial charge in [-0.15, -0.1) is 0 Å². The number of hydrogen-bond donors (Lipinski definition) is 0. The standard InChI is InChI=1S/C24H23ClF4/c1-2-3-4-13-5-7-16-14(9-13)6-8-17-18(16)12-19(26)22(24(17)29)15-10-20(27)23(25)21(28)11-15/h3-4,10-14,16H,2,5-9H2,1H3/b4-3+/t13-,14-,16+/m1/s1. The van der Waals surface area contributed by atoms with Crippen LogP contribution in [0.1, 0.15) is 56.1 Å². The maximum absolute atomic E-state index is 15.3. The molecule has 0 saturated heterocycles. The summed E-state index contributed by atoms with van der Waals surface area (Å²) >= 11 is 5.51. The van der Waals surface area contributed by atoms with Crippen LogP contribution in [0.2, 0.25) is 5.02 Å². The van der Waals surface area contributed by atoms with Crippen molar-refractivity contribution >= 4 is 11.6 Å². The number of benzene rings is 2. The molecule has 0 heterocycles. The van der Waals surface area contributed by atoms with Gasteiger partial charge < -0.3 is 0 Å². The lowest BCUT2D eigenvalue weighted by atomic mass is 9.65. The molecule has 2 aliphatic rings. The van der Waals surface area contributed by atoms with E-state index in [-0.39, 0.29) is 17.0 Å². The van der Waals surface area contributed by atoms with Crippen molar-refractivity contribution in [1.29, 1.82) is 0 Å². The average Bonchev–Trinajstić information content (AvgIpc) is 2.70. The molecule has 4 rings (SSSR count). The van der Waals surface area contributed by atoms with E-state index >= 15 is 4.39 Å². The summed E-state index contributed by atoms with van der Waals surface area (Å²) in [5, 5.41) is -0.677. The molecule has 0 spiro atoms. The number of halogens is 5. The number of hydrogen-bond acceptors (Lipinski definition) is 0. The quantitative estimate of drug-likeness (QED) is 0.267. The minimum atomic E-state index is -1.03. The van der Waals surface area contributed by atoms with E-state index in [2.05, 4.69) is 19.1 Å². The lowest BCUT2D eigenvalue weighted by Crippen LogP contribution is -2.28. The Morgan fingerprint density at radius 3 is 2.41 bits per heavy atom.